The molecule has 1 fully saturated rings. The summed E-state index contributed by atoms with van der Waals surface area (Å²) in [5.41, 5.74) is 6.30. The highest BCUT2D eigenvalue weighted by Gasteiger charge is 2.29. The van der Waals surface area contributed by atoms with Crippen molar-refractivity contribution < 1.29 is 9.05 Å². The van der Waals surface area contributed by atoms with Crippen molar-refractivity contribution in [3.8, 4) is 11.1 Å². The van der Waals surface area contributed by atoms with E-state index < -0.39 is 0 Å². The van der Waals surface area contributed by atoms with Crippen molar-refractivity contribution in [1.29, 1.82) is 0 Å². The maximum atomic E-state index is 13.0. The first-order chi connectivity index (χ1) is 13.2. The van der Waals surface area contributed by atoms with Crippen molar-refractivity contribution >= 4 is 33.0 Å². The lowest BCUT2D eigenvalue weighted by Gasteiger charge is -2.15. The summed E-state index contributed by atoms with van der Waals surface area (Å²) in [6, 6.07) is 10.1. The number of nitrogens with zero attached hydrogens (tertiary/aromatic N) is 4. The number of benzene rings is 2. The predicted octanol–water partition coefficient (Wildman–Crippen LogP) is 3.99. The number of pyridine rings is 1. The summed E-state index contributed by atoms with van der Waals surface area (Å²) >= 11 is 0. The van der Waals surface area contributed by atoms with Gasteiger partial charge in [0.15, 0.2) is 17.5 Å². The molecular weight excluding hydrogens is 344 g/mol. The lowest BCUT2D eigenvalue weighted by atomic mass is 9.96. The number of aryl methyl sites for hydroxylation is 1. The summed E-state index contributed by atoms with van der Waals surface area (Å²) in [5, 5.41) is 8.71. The fourth-order valence-electron chi connectivity index (χ4n) is 3.94. The van der Waals surface area contributed by atoms with Gasteiger partial charge in [0.05, 0.1) is 5.52 Å². The zero-order valence-corrected chi connectivity index (χ0v) is 14.5. The number of oxazole rings is 1. The van der Waals surface area contributed by atoms with Crippen molar-refractivity contribution in [2.75, 3.05) is 0 Å². The Bertz CT molecular complexity index is 1420. The van der Waals surface area contributed by atoms with Crippen LogP contribution in [0.3, 0.4) is 0 Å². The Labute approximate surface area is 152 Å². The monoisotopic (exact) mass is 358 g/mol. The number of hydrogen-bond donors (Lipinski definition) is 0. The minimum Gasteiger partial charge on any atom is -0.443 e. The molecule has 0 unspecified atom stereocenters. The smallest absolute Gasteiger partial charge is 0.281 e. The van der Waals surface area contributed by atoms with Crippen molar-refractivity contribution in [2.24, 2.45) is 0 Å². The van der Waals surface area contributed by atoms with Crippen LogP contribution < -0.4 is 5.56 Å². The molecular formula is C20H14N4O3. The fourth-order valence-corrected chi connectivity index (χ4v) is 3.94. The highest BCUT2D eigenvalue weighted by Crippen LogP contribution is 2.40. The van der Waals surface area contributed by atoms with Gasteiger partial charge in [0, 0.05) is 11.4 Å². The molecule has 0 atom stereocenters. The molecule has 3 aromatic heterocycles. The maximum Gasteiger partial charge on any atom is 0.281 e. The molecule has 5 aromatic rings. The topological polar surface area (TPSA) is 87.0 Å². The van der Waals surface area contributed by atoms with Crippen molar-refractivity contribution in [2.45, 2.75) is 25.8 Å². The van der Waals surface area contributed by atoms with Crippen LogP contribution in [-0.4, -0.2) is 19.9 Å². The normalized spacial score (nSPS) is 14.6. The van der Waals surface area contributed by atoms with E-state index >= 15 is 0 Å². The Hall–Kier alpha value is -3.48. The summed E-state index contributed by atoms with van der Waals surface area (Å²) in [7, 11) is 0. The van der Waals surface area contributed by atoms with E-state index in [1.165, 1.54) is 6.39 Å². The summed E-state index contributed by atoms with van der Waals surface area (Å²) in [5.74, 6) is 0. The van der Waals surface area contributed by atoms with Crippen LogP contribution in [0.4, 0.5) is 0 Å². The van der Waals surface area contributed by atoms with Crippen LogP contribution in [0.15, 0.2) is 50.6 Å². The van der Waals surface area contributed by atoms with E-state index in [1.54, 1.807) is 0 Å². The summed E-state index contributed by atoms with van der Waals surface area (Å²) in [6.07, 6.45) is 3.37. The highest BCUT2D eigenvalue weighted by molar-refractivity contribution is 6.04. The van der Waals surface area contributed by atoms with Gasteiger partial charge in [0.2, 0.25) is 0 Å². The van der Waals surface area contributed by atoms with Crippen LogP contribution in [-0.2, 0) is 0 Å². The fraction of sp³-hybridized carbons (Fsp3) is 0.200. The molecule has 0 N–H and O–H groups in total. The summed E-state index contributed by atoms with van der Waals surface area (Å²) in [4.78, 5) is 17.2. The SMILES string of the molecule is Cc1c(-c2ccc3nonc3c2)ccc2c3ocnc3c(=O)n(C3CC3)c12. The molecule has 1 aliphatic carbocycles. The Morgan fingerprint density at radius 3 is 2.81 bits per heavy atom. The average molecular weight is 358 g/mol. The largest absolute Gasteiger partial charge is 0.443 e. The van der Waals surface area contributed by atoms with Crippen LogP contribution >= 0.6 is 0 Å². The van der Waals surface area contributed by atoms with Crippen LogP contribution in [0.2, 0.25) is 0 Å². The van der Waals surface area contributed by atoms with Crippen LogP contribution in [0, 0.1) is 6.92 Å². The van der Waals surface area contributed by atoms with E-state index in [0.29, 0.717) is 16.6 Å². The number of aromatic nitrogens is 4. The van der Waals surface area contributed by atoms with Crippen LogP contribution in [0.25, 0.3) is 44.2 Å². The first-order valence-corrected chi connectivity index (χ1v) is 8.86. The van der Waals surface area contributed by atoms with Gasteiger partial charge >= 0.3 is 0 Å². The second-order valence-corrected chi connectivity index (χ2v) is 7.04. The molecule has 1 saturated carbocycles. The first-order valence-electron chi connectivity index (χ1n) is 8.86. The second kappa shape index (κ2) is 5.03. The quantitative estimate of drug-likeness (QED) is 0.474. The molecule has 0 saturated heterocycles. The molecule has 0 radical (unpaired) electrons. The zero-order chi connectivity index (χ0) is 18.1. The van der Waals surface area contributed by atoms with E-state index in [0.717, 1.165) is 46.0 Å². The average Bonchev–Trinajstić information content (AvgIpc) is 3.19. The minimum atomic E-state index is -0.0786. The lowest BCUT2D eigenvalue weighted by Crippen LogP contribution is -2.20. The van der Waals surface area contributed by atoms with Crippen molar-refractivity contribution in [3.05, 3.63) is 52.6 Å². The third-order valence-electron chi connectivity index (χ3n) is 5.38. The molecule has 2 aromatic carbocycles. The maximum absolute atomic E-state index is 13.0. The van der Waals surface area contributed by atoms with Gasteiger partial charge in [-0.1, -0.05) is 12.1 Å². The summed E-state index contributed by atoms with van der Waals surface area (Å²) in [6.45, 7) is 2.05. The molecule has 0 aliphatic heterocycles. The molecule has 6 rings (SSSR count). The number of hydrogen-bond acceptors (Lipinski definition) is 6. The van der Waals surface area contributed by atoms with Gasteiger partial charge in [0.1, 0.15) is 11.0 Å². The van der Waals surface area contributed by atoms with E-state index in [-0.39, 0.29) is 11.6 Å². The molecule has 0 amide bonds. The Morgan fingerprint density at radius 2 is 1.96 bits per heavy atom. The molecule has 0 spiro atoms. The van der Waals surface area contributed by atoms with Gasteiger partial charge in [-0.3, -0.25) is 4.79 Å². The molecule has 132 valence electrons. The third-order valence-corrected chi connectivity index (χ3v) is 5.38. The number of fused-ring (bicyclic) bond motifs is 4. The molecule has 0 bridgehead atoms. The Kier molecular flexibility index (Phi) is 2.73. The molecule has 7 heteroatoms. The molecule has 3 heterocycles. The lowest BCUT2D eigenvalue weighted by molar-refractivity contribution is 0.315. The van der Waals surface area contributed by atoms with Gasteiger partial charge in [-0.15, -0.1) is 0 Å². The van der Waals surface area contributed by atoms with Gasteiger partial charge in [0.25, 0.3) is 5.56 Å². The highest BCUT2D eigenvalue weighted by atomic mass is 16.6. The first kappa shape index (κ1) is 14.7. The molecule has 1 aliphatic rings. The molecule has 27 heavy (non-hydrogen) atoms. The minimum absolute atomic E-state index is 0.0786. The van der Waals surface area contributed by atoms with E-state index in [1.807, 2.05) is 35.8 Å². The Balaban J connectivity index is 1.73. The molecule has 7 nitrogen and oxygen atoms in total. The second-order valence-electron chi connectivity index (χ2n) is 7.04. The standard InChI is InChI=1S/C20H14N4O3/c1-10-13(11-2-7-15-16(8-11)23-27-22-15)5-6-14-18(10)24(12-3-4-12)20(25)17-19(14)26-9-21-17/h2,5-9,12H,3-4H2,1H3. The van der Waals surface area contributed by atoms with Gasteiger partial charge in [-0.25, -0.2) is 9.61 Å². The predicted molar refractivity (Wildman–Crippen MR) is 99.6 cm³/mol. The van der Waals surface area contributed by atoms with Gasteiger partial charge in [-0.2, -0.15) is 0 Å². The van der Waals surface area contributed by atoms with E-state index in [4.69, 9.17) is 9.05 Å². The van der Waals surface area contributed by atoms with E-state index in [2.05, 4.69) is 21.4 Å². The van der Waals surface area contributed by atoms with E-state index in [9.17, 15) is 4.79 Å². The van der Waals surface area contributed by atoms with Gasteiger partial charge in [-0.05, 0) is 65.0 Å². The van der Waals surface area contributed by atoms with Crippen LogP contribution in [0.5, 0.6) is 0 Å². The van der Waals surface area contributed by atoms with Gasteiger partial charge < -0.3 is 8.98 Å². The Morgan fingerprint density at radius 1 is 1.11 bits per heavy atom. The van der Waals surface area contributed by atoms with Crippen molar-refractivity contribution in [1.82, 2.24) is 19.9 Å². The third kappa shape index (κ3) is 1.96. The van der Waals surface area contributed by atoms with Crippen molar-refractivity contribution in [3.63, 3.8) is 0 Å². The number of rotatable bonds is 2. The summed E-state index contributed by atoms with van der Waals surface area (Å²) < 4.78 is 12.3. The zero-order valence-electron chi connectivity index (χ0n) is 14.5. The van der Waals surface area contributed by atoms with Crippen LogP contribution in [0.1, 0.15) is 24.4 Å².